The smallest absolute Gasteiger partial charge is 0.227 e. The van der Waals surface area contributed by atoms with E-state index in [1.807, 2.05) is 23.1 Å². The molecule has 1 N–H and O–H groups in total. The van der Waals surface area contributed by atoms with Crippen LogP contribution < -0.4 is 10.2 Å². The minimum absolute atomic E-state index is 0.0664. The van der Waals surface area contributed by atoms with Crippen molar-refractivity contribution in [1.29, 1.82) is 0 Å². The quantitative estimate of drug-likeness (QED) is 0.908. The SMILES string of the molecule is CC(=O)N1CCCc2ccc(NC(=O)C3CCCCC3)cc21. The lowest BCUT2D eigenvalue weighted by atomic mass is 9.88. The van der Waals surface area contributed by atoms with Crippen LogP contribution in [-0.2, 0) is 16.0 Å². The Morgan fingerprint density at radius 1 is 1.14 bits per heavy atom. The van der Waals surface area contributed by atoms with Crippen molar-refractivity contribution in [1.82, 2.24) is 0 Å². The van der Waals surface area contributed by atoms with Gasteiger partial charge in [-0.25, -0.2) is 0 Å². The molecule has 1 aromatic rings. The fourth-order valence-electron chi connectivity index (χ4n) is 3.59. The number of nitrogens with one attached hydrogen (secondary N) is 1. The molecular weight excluding hydrogens is 276 g/mol. The number of benzene rings is 1. The number of amides is 2. The van der Waals surface area contributed by atoms with E-state index in [0.717, 1.165) is 56.4 Å². The van der Waals surface area contributed by atoms with Crippen molar-refractivity contribution in [2.75, 3.05) is 16.8 Å². The number of hydrogen-bond acceptors (Lipinski definition) is 2. The zero-order valence-corrected chi connectivity index (χ0v) is 13.2. The van der Waals surface area contributed by atoms with E-state index in [1.165, 1.54) is 12.0 Å². The first-order valence-corrected chi connectivity index (χ1v) is 8.37. The lowest BCUT2D eigenvalue weighted by Gasteiger charge is -2.29. The molecule has 4 heteroatoms. The molecule has 1 aliphatic carbocycles. The Bertz CT molecular complexity index is 576. The Kier molecular flexibility index (Phi) is 4.46. The van der Waals surface area contributed by atoms with Gasteiger partial charge in [0.05, 0.1) is 0 Å². The molecule has 1 aromatic carbocycles. The van der Waals surface area contributed by atoms with Crippen LogP contribution in [0.1, 0.15) is 51.0 Å². The van der Waals surface area contributed by atoms with Gasteiger partial charge in [-0.3, -0.25) is 9.59 Å². The molecule has 118 valence electrons. The van der Waals surface area contributed by atoms with Gasteiger partial charge in [-0.1, -0.05) is 25.3 Å². The van der Waals surface area contributed by atoms with Crippen LogP contribution in [0.15, 0.2) is 18.2 Å². The van der Waals surface area contributed by atoms with E-state index in [-0.39, 0.29) is 17.7 Å². The molecule has 0 spiro atoms. The summed E-state index contributed by atoms with van der Waals surface area (Å²) in [4.78, 5) is 26.0. The Balaban J connectivity index is 1.76. The van der Waals surface area contributed by atoms with Crippen LogP contribution in [-0.4, -0.2) is 18.4 Å². The van der Waals surface area contributed by atoms with E-state index in [9.17, 15) is 9.59 Å². The highest BCUT2D eigenvalue weighted by Crippen LogP contribution is 2.31. The summed E-state index contributed by atoms with van der Waals surface area (Å²) in [5.41, 5.74) is 2.96. The topological polar surface area (TPSA) is 49.4 Å². The average molecular weight is 300 g/mol. The van der Waals surface area contributed by atoms with E-state index in [1.54, 1.807) is 6.92 Å². The molecule has 0 atom stereocenters. The number of aryl methyl sites for hydroxylation is 1. The van der Waals surface area contributed by atoms with Gasteiger partial charge in [0.1, 0.15) is 0 Å². The highest BCUT2D eigenvalue weighted by atomic mass is 16.2. The van der Waals surface area contributed by atoms with Gasteiger partial charge in [-0.2, -0.15) is 0 Å². The maximum atomic E-state index is 12.4. The molecule has 1 aliphatic heterocycles. The number of rotatable bonds is 2. The van der Waals surface area contributed by atoms with Crippen molar-refractivity contribution >= 4 is 23.2 Å². The molecule has 2 aliphatic rings. The summed E-state index contributed by atoms with van der Waals surface area (Å²) in [7, 11) is 0. The number of anilines is 2. The molecular formula is C18H24N2O2. The molecule has 1 fully saturated rings. The number of carbonyl (C=O) groups is 2. The summed E-state index contributed by atoms with van der Waals surface area (Å²) in [6, 6.07) is 5.96. The van der Waals surface area contributed by atoms with Crippen molar-refractivity contribution in [3.8, 4) is 0 Å². The normalized spacial score (nSPS) is 18.7. The molecule has 0 unspecified atom stereocenters. The van der Waals surface area contributed by atoms with Gasteiger partial charge >= 0.3 is 0 Å². The number of carbonyl (C=O) groups excluding carboxylic acids is 2. The summed E-state index contributed by atoms with van der Waals surface area (Å²) >= 11 is 0. The Morgan fingerprint density at radius 3 is 2.64 bits per heavy atom. The van der Waals surface area contributed by atoms with Gasteiger partial charge in [-0.05, 0) is 43.4 Å². The molecule has 0 saturated heterocycles. The molecule has 0 aromatic heterocycles. The van der Waals surface area contributed by atoms with Crippen molar-refractivity contribution in [3.63, 3.8) is 0 Å². The molecule has 4 nitrogen and oxygen atoms in total. The number of hydrogen-bond donors (Lipinski definition) is 1. The predicted molar refractivity (Wildman–Crippen MR) is 88.0 cm³/mol. The second-order valence-corrected chi connectivity index (χ2v) is 6.44. The lowest BCUT2D eigenvalue weighted by Crippen LogP contribution is -2.33. The largest absolute Gasteiger partial charge is 0.326 e. The molecule has 1 saturated carbocycles. The van der Waals surface area contributed by atoms with E-state index >= 15 is 0 Å². The van der Waals surface area contributed by atoms with Gasteiger partial charge in [-0.15, -0.1) is 0 Å². The third-order valence-electron chi connectivity index (χ3n) is 4.83. The second-order valence-electron chi connectivity index (χ2n) is 6.44. The minimum Gasteiger partial charge on any atom is -0.326 e. The van der Waals surface area contributed by atoms with Crippen molar-refractivity contribution < 1.29 is 9.59 Å². The van der Waals surface area contributed by atoms with Crippen LogP contribution in [0.3, 0.4) is 0 Å². The number of nitrogens with zero attached hydrogens (tertiary/aromatic N) is 1. The molecule has 1 heterocycles. The van der Waals surface area contributed by atoms with E-state index in [0.29, 0.717) is 0 Å². The molecule has 22 heavy (non-hydrogen) atoms. The van der Waals surface area contributed by atoms with E-state index in [2.05, 4.69) is 5.32 Å². The van der Waals surface area contributed by atoms with Crippen LogP contribution >= 0.6 is 0 Å². The first-order chi connectivity index (χ1) is 10.6. The van der Waals surface area contributed by atoms with Crippen LogP contribution in [0.25, 0.3) is 0 Å². The molecule has 3 rings (SSSR count). The lowest BCUT2D eigenvalue weighted by molar-refractivity contribution is -0.120. The Hall–Kier alpha value is -1.84. The fraction of sp³-hybridized carbons (Fsp3) is 0.556. The van der Waals surface area contributed by atoms with Gasteiger partial charge in [0.2, 0.25) is 11.8 Å². The predicted octanol–water partition coefficient (Wildman–Crippen LogP) is 3.50. The number of fused-ring (bicyclic) bond motifs is 1. The fourth-order valence-corrected chi connectivity index (χ4v) is 3.59. The van der Waals surface area contributed by atoms with Crippen LogP contribution in [0.4, 0.5) is 11.4 Å². The van der Waals surface area contributed by atoms with Crippen LogP contribution in [0, 0.1) is 5.92 Å². The Morgan fingerprint density at radius 2 is 1.91 bits per heavy atom. The third-order valence-corrected chi connectivity index (χ3v) is 4.83. The first-order valence-electron chi connectivity index (χ1n) is 8.37. The molecule has 0 radical (unpaired) electrons. The first kappa shape index (κ1) is 15.1. The summed E-state index contributed by atoms with van der Waals surface area (Å²) in [6.07, 6.45) is 7.54. The van der Waals surface area contributed by atoms with Crippen LogP contribution in [0.2, 0.25) is 0 Å². The Labute approximate surface area is 131 Å². The second kappa shape index (κ2) is 6.51. The highest BCUT2D eigenvalue weighted by molar-refractivity contribution is 5.96. The monoisotopic (exact) mass is 300 g/mol. The summed E-state index contributed by atoms with van der Waals surface area (Å²) in [6.45, 7) is 2.37. The van der Waals surface area contributed by atoms with Gasteiger partial charge < -0.3 is 10.2 Å². The van der Waals surface area contributed by atoms with E-state index in [4.69, 9.17) is 0 Å². The van der Waals surface area contributed by atoms with Crippen molar-refractivity contribution in [2.24, 2.45) is 5.92 Å². The summed E-state index contributed by atoms with van der Waals surface area (Å²) < 4.78 is 0. The van der Waals surface area contributed by atoms with Gasteiger partial charge in [0.15, 0.2) is 0 Å². The zero-order chi connectivity index (χ0) is 15.5. The van der Waals surface area contributed by atoms with Gasteiger partial charge in [0, 0.05) is 30.8 Å². The van der Waals surface area contributed by atoms with Crippen molar-refractivity contribution in [3.05, 3.63) is 23.8 Å². The van der Waals surface area contributed by atoms with E-state index < -0.39 is 0 Å². The maximum Gasteiger partial charge on any atom is 0.227 e. The molecule has 2 amide bonds. The zero-order valence-electron chi connectivity index (χ0n) is 13.2. The van der Waals surface area contributed by atoms with Crippen LogP contribution in [0.5, 0.6) is 0 Å². The average Bonchev–Trinajstić information content (AvgIpc) is 2.55. The van der Waals surface area contributed by atoms with Gasteiger partial charge in [0.25, 0.3) is 0 Å². The minimum atomic E-state index is 0.0664. The highest BCUT2D eigenvalue weighted by Gasteiger charge is 2.23. The third kappa shape index (κ3) is 3.16. The summed E-state index contributed by atoms with van der Waals surface area (Å²) in [5, 5.41) is 3.04. The standard InChI is InChI=1S/C18H24N2O2/c1-13(21)20-11-5-8-14-9-10-16(12-17(14)20)19-18(22)15-6-3-2-4-7-15/h9-10,12,15H,2-8,11H2,1H3,(H,19,22). The summed E-state index contributed by atoms with van der Waals surface area (Å²) in [5.74, 6) is 0.343. The molecule has 0 bridgehead atoms. The van der Waals surface area contributed by atoms with Crippen molar-refractivity contribution in [2.45, 2.75) is 51.9 Å². The maximum absolute atomic E-state index is 12.4.